The molecule has 22 heavy (non-hydrogen) atoms. The van der Waals surface area contributed by atoms with E-state index < -0.39 is 0 Å². The van der Waals surface area contributed by atoms with E-state index in [0.29, 0.717) is 17.6 Å². The van der Waals surface area contributed by atoms with Crippen molar-refractivity contribution in [2.45, 2.75) is 31.5 Å². The predicted octanol–water partition coefficient (Wildman–Crippen LogP) is 1.40. The number of halogens is 1. The maximum Gasteiger partial charge on any atom is 0.183 e. The first-order valence-electron chi connectivity index (χ1n) is 8.24. The van der Waals surface area contributed by atoms with Crippen molar-refractivity contribution in [3.05, 3.63) is 0 Å². The molecule has 4 bridgehead atoms. The zero-order chi connectivity index (χ0) is 14.9. The van der Waals surface area contributed by atoms with Crippen LogP contribution >= 0.6 is 12.4 Å². The molecule has 0 aromatic rings. The Hall–Kier alpha value is -0.200. The molecule has 6 heterocycles. The number of rotatable bonds is 2. The fraction of sp³-hybridized carbons (Fsp3) is 0.938. The summed E-state index contributed by atoms with van der Waals surface area (Å²) < 4.78 is 11.0. The number of hydrogen-bond acceptors (Lipinski definition) is 5. The summed E-state index contributed by atoms with van der Waals surface area (Å²) in [5, 5.41) is 0. The molecule has 0 radical (unpaired) electrons. The van der Waals surface area contributed by atoms with Crippen LogP contribution in [0.1, 0.15) is 25.7 Å². The fourth-order valence-electron chi connectivity index (χ4n) is 4.28. The third-order valence-corrected chi connectivity index (χ3v) is 5.77. The summed E-state index contributed by atoms with van der Waals surface area (Å²) in [5.41, 5.74) is 0. The van der Waals surface area contributed by atoms with Crippen molar-refractivity contribution in [2.24, 2.45) is 11.8 Å². The van der Waals surface area contributed by atoms with Gasteiger partial charge >= 0.3 is 0 Å². The van der Waals surface area contributed by atoms with E-state index in [2.05, 4.69) is 9.80 Å². The Labute approximate surface area is 139 Å². The summed E-state index contributed by atoms with van der Waals surface area (Å²) >= 11 is 0. The Morgan fingerprint density at radius 3 is 1.73 bits per heavy atom. The normalized spacial score (nSPS) is 38.0. The van der Waals surface area contributed by atoms with Crippen molar-refractivity contribution in [3.8, 4) is 0 Å². The number of carbonyl (C=O) groups excluding carboxylic acids is 1. The van der Waals surface area contributed by atoms with Gasteiger partial charge < -0.3 is 9.47 Å². The van der Waals surface area contributed by atoms with Crippen LogP contribution in [-0.2, 0) is 14.3 Å². The molecule has 6 heteroatoms. The highest BCUT2D eigenvalue weighted by molar-refractivity contribution is 5.85. The molecule has 0 aliphatic carbocycles. The fourth-order valence-corrected chi connectivity index (χ4v) is 4.28. The summed E-state index contributed by atoms with van der Waals surface area (Å²) in [4.78, 5) is 15.7. The lowest BCUT2D eigenvalue weighted by Gasteiger charge is -2.51. The third kappa shape index (κ3) is 3.49. The number of ether oxygens (including phenoxy) is 2. The summed E-state index contributed by atoms with van der Waals surface area (Å²) in [5.74, 6) is 1.23. The maximum atomic E-state index is 11.0. The van der Waals surface area contributed by atoms with Gasteiger partial charge in [0.1, 0.15) is 5.78 Å². The molecule has 6 saturated heterocycles. The van der Waals surface area contributed by atoms with Crippen LogP contribution in [0.4, 0.5) is 0 Å². The van der Waals surface area contributed by atoms with Crippen LogP contribution in [0.3, 0.4) is 0 Å². The van der Waals surface area contributed by atoms with Gasteiger partial charge in [0.25, 0.3) is 0 Å². The molecule has 0 aromatic carbocycles. The van der Waals surface area contributed by atoms with Gasteiger partial charge in [0.2, 0.25) is 0 Å². The molecule has 0 amide bonds. The quantitative estimate of drug-likeness (QED) is 0.715. The van der Waals surface area contributed by atoms with Gasteiger partial charge in [-0.3, -0.25) is 14.6 Å². The highest BCUT2D eigenvalue weighted by Gasteiger charge is 2.47. The minimum atomic E-state index is -0.295. The minimum Gasteiger partial charge on any atom is -0.352 e. The lowest BCUT2D eigenvalue weighted by atomic mass is 9.83. The van der Waals surface area contributed by atoms with Crippen LogP contribution in [0, 0.1) is 11.8 Å². The van der Waals surface area contributed by atoms with Crippen LogP contribution in [0.15, 0.2) is 0 Å². The average molecular weight is 333 g/mol. The number of methoxy groups -OCH3 is 2. The molecule has 0 unspecified atom stereocenters. The average Bonchev–Trinajstić information content (AvgIpc) is 2.57. The van der Waals surface area contributed by atoms with Crippen molar-refractivity contribution in [2.75, 3.05) is 53.5 Å². The van der Waals surface area contributed by atoms with Gasteiger partial charge in [0.05, 0.1) is 13.1 Å². The molecule has 0 N–H and O–H groups in total. The Morgan fingerprint density at radius 1 is 0.955 bits per heavy atom. The van der Waals surface area contributed by atoms with E-state index in [1.807, 2.05) is 0 Å². The van der Waals surface area contributed by atoms with Gasteiger partial charge in [-0.1, -0.05) is 0 Å². The molecule has 5 nitrogen and oxygen atoms in total. The Bertz CT molecular complexity index is 374. The summed E-state index contributed by atoms with van der Waals surface area (Å²) in [6.07, 6.45) is 4.70. The Kier molecular flexibility index (Phi) is 6.25. The van der Waals surface area contributed by atoms with Crippen molar-refractivity contribution in [3.63, 3.8) is 0 Å². The summed E-state index contributed by atoms with van der Waals surface area (Å²) in [6, 6.07) is 0. The maximum absolute atomic E-state index is 11.0. The lowest BCUT2D eigenvalue weighted by Crippen LogP contribution is -2.60. The van der Waals surface area contributed by atoms with E-state index in [1.54, 1.807) is 14.2 Å². The van der Waals surface area contributed by atoms with Gasteiger partial charge in [0, 0.05) is 26.1 Å². The SMILES string of the molecule is COC1(OC)CN2CCC1CC2.Cl.O=C1CN2CCC1CC2. The molecule has 0 saturated carbocycles. The molecule has 6 rings (SSSR count). The van der Waals surface area contributed by atoms with E-state index in [9.17, 15) is 4.79 Å². The first-order valence-corrected chi connectivity index (χ1v) is 8.24. The van der Waals surface area contributed by atoms with Crippen molar-refractivity contribution in [1.29, 1.82) is 0 Å². The van der Waals surface area contributed by atoms with Gasteiger partial charge in [-0.2, -0.15) is 0 Å². The molecule has 0 spiro atoms. The zero-order valence-electron chi connectivity index (χ0n) is 13.8. The van der Waals surface area contributed by atoms with E-state index in [4.69, 9.17) is 9.47 Å². The van der Waals surface area contributed by atoms with E-state index in [1.165, 1.54) is 25.9 Å². The number of hydrogen-bond donors (Lipinski definition) is 0. The van der Waals surface area contributed by atoms with Gasteiger partial charge in [-0.15, -0.1) is 12.4 Å². The summed E-state index contributed by atoms with van der Waals surface area (Å²) in [6.45, 7) is 6.46. The van der Waals surface area contributed by atoms with Gasteiger partial charge in [-0.25, -0.2) is 0 Å². The van der Waals surface area contributed by atoms with Crippen molar-refractivity contribution in [1.82, 2.24) is 9.80 Å². The zero-order valence-corrected chi connectivity index (χ0v) is 14.6. The second-order valence-corrected chi connectivity index (χ2v) is 6.79. The smallest absolute Gasteiger partial charge is 0.183 e. The highest BCUT2D eigenvalue weighted by atomic mass is 35.5. The molecule has 128 valence electrons. The van der Waals surface area contributed by atoms with Crippen LogP contribution in [0.5, 0.6) is 0 Å². The molecule has 0 atom stereocenters. The van der Waals surface area contributed by atoms with Crippen LogP contribution in [0.25, 0.3) is 0 Å². The number of carbonyl (C=O) groups is 1. The molecular formula is C16H29ClN2O3. The molecule has 6 aliphatic rings. The molecular weight excluding hydrogens is 304 g/mol. The highest BCUT2D eigenvalue weighted by Crippen LogP contribution is 2.38. The molecule has 6 fully saturated rings. The van der Waals surface area contributed by atoms with Crippen molar-refractivity contribution < 1.29 is 14.3 Å². The van der Waals surface area contributed by atoms with E-state index in [-0.39, 0.29) is 18.2 Å². The Balaban J connectivity index is 0.000000159. The van der Waals surface area contributed by atoms with E-state index in [0.717, 1.165) is 39.0 Å². The number of ketones is 1. The molecule has 6 aliphatic heterocycles. The van der Waals surface area contributed by atoms with Gasteiger partial charge in [0.15, 0.2) is 5.79 Å². The first-order chi connectivity index (χ1) is 10.2. The van der Waals surface area contributed by atoms with Crippen LogP contribution < -0.4 is 0 Å². The standard InChI is InChI=1S/C9H17NO2.C7H11NO.ClH/c1-11-9(12-2)7-10-5-3-8(9)4-6-10;9-7-5-8-3-1-6(7)2-4-8;/h8H,3-7H2,1-2H3;6H,1-5H2;1H. The van der Waals surface area contributed by atoms with Crippen LogP contribution in [-0.4, -0.2) is 74.9 Å². The molecule has 0 aromatic heterocycles. The first kappa shape index (κ1) is 18.1. The number of fused-ring (bicyclic) bond motifs is 6. The predicted molar refractivity (Wildman–Crippen MR) is 87.3 cm³/mol. The van der Waals surface area contributed by atoms with E-state index >= 15 is 0 Å². The summed E-state index contributed by atoms with van der Waals surface area (Å²) in [7, 11) is 3.51. The largest absolute Gasteiger partial charge is 0.352 e. The number of nitrogens with zero attached hydrogens (tertiary/aromatic N) is 2. The number of Topliss-reactive ketones (excluding diaryl/α,β-unsaturated/α-hetero) is 1. The second kappa shape index (κ2) is 7.58. The number of piperidine rings is 6. The lowest BCUT2D eigenvalue weighted by molar-refractivity contribution is -0.278. The van der Waals surface area contributed by atoms with Gasteiger partial charge in [-0.05, 0) is 51.9 Å². The van der Waals surface area contributed by atoms with Crippen molar-refractivity contribution >= 4 is 18.2 Å². The third-order valence-electron chi connectivity index (χ3n) is 5.77. The second-order valence-electron chi connectivity index (χ2n) is 6.79. The Morgan fingerprint density at radius 2 is 1.50 bits per heavy atom. The monoisotopic (exact) mass is 332 g/mol. The topological polar surface area (TPSA) is 42.0 Å². The minimum absolute atomic E-state index is 0. The van der Waals surface area contributed by atoms with Crippen LogP contribution in [0.2, 0.25) is 0 Å².